The number of nitrogens with zero attached hydrogens (tertiary/aromatic N) is 1. The minimum Gasteiger partial charge on any atom is -0.381 e. The van der Waals surface area contributed by atoms with E-state index in [1.165, 1.54) is 6.07 Å². The second kappa shape index (κ2) is 5.28. The van der Waals surface area contributed by atoms with Crippen LogP contribution in [-0.2, 0) is 6.18 Å². The topological polar surface area (TPSA) is 55.2 Å². The van der Waals surface area contributed by atoms with Gasteiger partial charge >= 0.3 is 6.18 Å². The smallest absolute Gasteiger partial charge is 0.381 e. The third-order valence-corrected chi connectivity index (χ3v) is 3.96. The minimum atomic E-state index is -4.73. The van der Waals surface area contributed by atoms with Gasteiger partial charge in [0.2, 0.25) is 0 Å². The van der Waals surface area contributed by atoms with Crippen molar-refractivity contribution in [2.45, 2.75) is 18.6 Å². The maximum atomic E-state index is 12.8. The molecule has 104 valence electrons. The Morgan fingerprint density at radius 2 is 2.16 bits per heavy atom. The van der Waals surface area contributed by atoms with Crippen LogP contribution in [0.25, 0.3) is 0 Å². The Hall–Kier alpha value is -1.44. The van der Waals surface area contributed by atoms with Crippen LogP contribution >= 0.6 is 11.8 Å². The molecule has 0 saturated carbocycles. The lowest BCUT2D eigenvalue weighted by Crippen LogP contribution is -2.19. The molecular formula is C11H11F3N2O2S. The van der Waals surface area contributed by atoms with Crippen LogP contribution in [0.5, 0.6) is 0 Å². The zero-order valence-electron chi connectivity index (χ0n) is 9.74. The van der Waals surface area contributed by atoms with Crippen molar-refractivity contribution >= 4 is 23.1 Å². The Labute approximate surface area is 111 Å². The summed E-state index contributed by atoms with van der Waals surface area (Å²) in [6.45, 7) is 0. The second-order valence-electron chi connectivity index (χ2n) is 4.19. The van der Waals surface area contributed by atoms with Gasteiger partial charge in [0, 0.05) is 23.5 Å². The number of alkyl halides is 3. The van der Waals surface area contributed by atoms with Crippen molar-refractivity contribution in [3.8, 4) is 0 Å². The van der Waals surface area contributed by atoms with Crippen LogP contribution in [0.1, 0.15) is 12.0 Å². The fraction of sp³-hybridized carbons (Fsp3) is 0.455. The first-order chi connectivity index (χ1) is 8.88. The zero-order chi connectivity index (χ0) is 14.0. The Morgan fingerprint density at radius 1 is 1.42 bits per heavy atom. The summed E-state index contributed by atoms with van der Waals surface area (Å²) < 4.78 is 38.3. The highest BCUT2D eigenvalue weighted by molar-refractivity contribution is 7.99. The van der Waals surface area contributed by atoms with E-state index in [0.717, 1.165) is 30.1 Å². The molecule has 1 aromatic rings. The summed E-state index contributed by atoms with van der Waals surface area (Å²) in [4.78, 5) is 9.59. The largest absolute Gasteiger partial charge is 0.423 e. The first-order valence-corrected chi connectivity index (χ1v) is 6.73. The Bertz CT molecular complexity index is 487. The van der Waals surface area contributed by atoms with Gasteiger partial charge in [0.15, 0.2) is 0 Å². The molecule has 1 heterocycles. The molecule has 1 aliphatic heterocycles. The predicted molar refractivity (Wildman–Crippen MR) is 67.5 cm³/mol. The van der Waals surface area contributed by atoms with Crippen molar-refractivity contribution in [3.63, 3.8) is 0 Å². The van der Waals surface area contributed by atoms with Crippen LogP contribution in [0, 0.1) is 10.1 Å². The SMILES string of the molecule is O=[N+]([O-])c1ccc(NC2CCSC2)cc1C(F)(F)F. The molecule has 8 heteroatoms. The molecule has 1 saturated heterocycles. The van der Waals surface area contributed by atoms with Gasteiger partial charge in [0.1, 0.15) is 5.56 Å². The highest BCUT2D eigenvalue weighted by Gasteiger charge is 2.38. The minimum absolute atomic E-state index is 0.118. The number of nitrogens with one attached hydrogen (secondary N) is 1. The van der Waals surface area contributed by atoms with Gasteiger partial charge in [0.05, 0.1) is 4.92 Å². The quantitative estimate of drug-likeness (QED) is 0.684. The molecule has 2 rings (SSSR count). The van der Waals surface area contributed by atoms with Crippen LogP contribution in [0.4, 0.5) is 24.5 Å². The van der Waals surface area contributed by atoms with E-state index in [1.807, 2.05) is 0 Å². The molecular weight excluding hydrogens is 281 g/mol. The number of halogens is 3. The summed E-state index contributed by atoms with van der Waals surface area (Å²) >= 11 is 1.73. The van der Waals surface area contributed by atoms with E-state index in [2.05, 4.69) is 5.32 Å². The molecule has 0 amide bonds. The van der Waals surface area contributed by atoms with E-state index in [1.54, 1.807) is 11.8 Å². The molecule has 1 aromatic carbocycles. The molecule has 19 heavy (non-hydrogen) atoms. The number of hydrogen-bond donors (Lipinski definition) is 1. The standard InChI is InChI=1S/C11H11F3N2O2S/c12-11(13,14)9-5-7(1-2-10(9)16(17)18)15-8-3-4-19-6-8/h1-2,5,8,15H,3-4,6H2. The summed E-state index contributed by atoms with van der Waals surface area (Å²) in [5.41, 5.74) is -1.86. The number of hydrogen-bond acceptors (Lipinski definition) is 4. The van der Waals surface area contributed by atoms with E-state index >= 15 is 0 Å². The molecule has 0 radical (unpaired) electrons. The summed E-state index contributed by atoms with van der Waals surface area (Å²) in [5, 5.41) is 13.6. The van der Waals surface area contributed by atoms with Crippen LogP contribution in [0.2, 0.25) is 0 Å². The number of nitro benzene ring substituents is 1. The van der Waals surface area contributed by atoms with E-state index < -0.39 is 22.4 Å². The molecule has 1 N–H and O–H groups in total. The average molecular weight is 292 g/mol. The number of rotatable bonds is 3. The number of benzene rings is 1. The van der Waals surface area contributed by atoms with E-state index in [0.29, 0.717) is 0 Å². The van der Waals surface area contributed by atoms with E-state index in [4.69, 9.17) is 0 Å². The average Bonchev–Trinajstić information content (AvgIpc) is 2.80. The number of anilines is 1. The van der Waals surface area contributed by atoms with Gasteiger partial charge in [0.25, 0.3) is 5.69 Å². The number of nitro groups is 1. The van der Waals surface area contributed by atoms with Gasteiger partial charge in [-0.3, -0.25) is 10.1 Å². The Balaban J connectivity index is 2.29. The zero-order valence-corrected chi connectivity index (χ0v) is 10.6. The fourth-order valence-corrected chi connectivity index (χ4v) is 3.05. The van der Waals surface area contributed by atoms with Gasteiger partial charge in [-0.25, -0.2) is 0 Å². The molecule has 4 nitrogen and oxygen atoms in total. The van der Waals surface area contributed by atoms with Crippen molar-refractivity contribution in [1.29, 1.82) is 0 Å². The molecule has 0 aliphatic carbocycles. The van der Waals surface area contributed by atoms with Crippen LogP contribution < -0.4 is 5.32 Å². The second-order valence-corrected chi connectivity index (χ2v) is 5.34. The van der Waals surface area contributed by atoms with Crippen LogP contribution in [0.3, 0.4) is 0 Å². The summed E-state index contributed by atoms with van der Waals surface area (Å²) in [5.74, 6) is 1.80. The van der Waals surface area contributed by atoms with Gasteiger partial charge in [-0.1, -0.05) is 0 Å². The summed E-state index contributed by atoms with van der Waals surface area (Å²) in [6.07, 6.45) is -3.85. The first-order valence-electron chi connectivity index (χ1n) is 5.58. The summed E-state index contributed by atoms with van der Waals surface area (Å²) in [7, 11) is 0. The predicted octanol–water partition coefficient (Wildman–Crippen LogP) is 3.53. The Kier molecular flexibility index (Phi) is 3.88. The Morgan fingerprint density at radius 3 is 2.68 bits per heavy atom. The van der Waals surface area contributed by atoms with Gasteiger partial charge in [-0.05, 0) is 24.3 Å². The fourth-order valence-electron chi connectivity index (χ4n) is 1.90. The molecule has 0 aromatic heterocycles. The molecule has 0 spiro atoms. The van der Waals surface area contributed by atoms with Gasteiger partial charge in [-0.2, -0.15) is 24.9 Å². The van der Waals surface area contributed by atoms with Crippen molar-refractivity contribution in [2.75, 3.05) is 16.8 Å². The maximum Gasteiger partial charge on any atom is 0.423 e. The van der Waals surface area contributed by atoms with Crippen molar-refractivity contribution in [2.24, 2.45) is 0 Å². The highest BCUT2D eigenvalue weighted by Crippen LogP contribution is 2.38. The van der Waals surface area contributed by atoms with Crippen molar-refractivity contribution in [1.82, 2.24) is 0 Å². The lowest BCUT2D eigenvalue weighted by Gasteiger charge is -2.15. The molecule has 0 bridgehead atoms. The monoisotopic (exact) mass is 292 g/mol. The summed E-state index contributed by atoms with van der Waals surface area (Å²) in [6, 6.07) is 3.14. The van der Waals surface area contributed by atoms with Gasteiger partial charge in [-0.15, -0.1) is 0 Å². The molecule has 1 unspecified atom stereocenters. The van der Waals surface area contributed by atoms with E-state index in [-0.39, 0.29) is 11.7 Å². The third kappa shape index (κ3) is 3.31. The normalized spacial score (nSPS) is 19.4. The van der Waals surface area contributed by atoms with Crippen molar-refractivity contribution < 1.29 is 18.1 Å². The first kappa shape index (κ1) is 14.0. The van der Waals surface area contributed by atoms with Crippen LogP contribution in [-0.4, -0.2) is 22.5 Å². The highest BCUT2D eigenvalue weighted by atomic mass is 32.2. The van der Waals surface area contributed by atoms with Crippen molar-refractivity contribution in [3.05, 3.63) is 33.9 Å². The lowest BCUT2D eigenvalue weighted by molar-refractivity contribution is -0.388. The molecule has 1 atom stereocenters. The van der Waals surface area contributed by atoms with E-state index in [9.17, 15) is 23.3 Å². The van der Waals surface area contributed by atoms with Gasteiger partial charge < -0.3 is 5.32 Å². The lowest BCUT2D eigenvalue weighted by atomic mass is 10.1. The van der Waals surface area contributed by atoms with Crippen LogP contribution in [0.15, 0.2) is 18.2 Å². The third-order valence-electron chi connectivity index (χ3n) is 2.80. The molecule has 1 aliphatic rings. The maximum absolute atomic E-state index is 12.8. The number of thioether (sulfide) groups is 1. The molecule has 1 fully saturated rings.